The molecule has 2 N–H and O–H groups in total. The largest absolute Gasteiger partial charge is 0.493 e. The van der Waals surface area contributed by atoms with Crippen LogP contribution in [0.1, 0.15) is 6.92 Å². The number of benzene rings is 1. The van der Waals surface area contributed by atoms with E-state index in [4.69, 9.17) is 9.47 Å². The Balaban J connectivity index is 2.66. The van der Waals surface area contributed by atoms with E-state index in [-0.39, 0.29) is 0 Å². The van der Waals surface area contributed by atoms with E-state index in [1.165, 1.54) is 21.1 Å². The van der Waals surface area contributed by atoms with Crippen molar-refractivity contribution < 1.29 is 27.4 Å². The minimum atomic E-state index is -4.43. The van der Waals surface area contributed by atoms with Gasteiger partial charge in [-0.3, -0.25) is 4.79 Å². The molecule has 0 saturated heterocycles. The van der Waals surface area contributed by atoms with Crippen LogP contribution in [0.3, 0.4) is 0 Å². The SMILES string of the molecule is COc1ccc(NC(C)C(=O)NCC(F)(F)F)cc1OC. The lowest BCUT2D eigenvalue weighted by Crippen LogP contribution is -2.42. The van der Waals surface area contributed by atoms with Crippen LogP contribution in [-0.2, 0) is 4.79 Å². The predicted octanol–water partition coefficient (Wildman–Crippen LogP) is 2.18. The molecule has 21 heavy (non-hydrogen) atoms. The molecule has 0 spiro atoms. The summed E-state index contributed by atoms with van der Waals surface area (Å²) in [7, 11) is 2.94. The van der Waals surface area contributed by atoms with Gasteiger partial charge in [0.15, 0.2) is 11.5 Å². The molecule has 1 aromatic rings. The van der Waals surface area contributed by atoms with Crippen LogP contribution in [0.25, 0.3) is 0 Å². The molecule has 1 rings (SSSR count). The van der Waals surface area contributed by atoms with Crippen LogP contribution in [0.4, 0.5) is 18.9 Å². The van der Waals surface area contributed by atoms with Gasteiger partial charge in [0.2, 0.25) is 5.91 Å². The number of hydrogen-bond donors (Lipinski definition) is 2. The molecule has 0 aliphatic rings. The molecule has 1 aromatic carbocycles. The average molecular weight is 306 g/mol. The van der Waals surface area contributed by atoms with Crippen molar-refractivity contribution in [1.29, 1.82) is 0 Å². The Morgan fingerprint density at radius 2 is 1.86 bits per heavy atom. The minimum Gasteiger partial charge on any atom is -0.493 e. The van der Waals surface area contributed by atoms with E-state index < -0.39 is 24.7 Å². The van der Waals surface area contributed by atoms with Crippen molar-refractivity contribution in [2.24, 2.45) is 0 Å². The number of rotatable bonds is 6. The Labute approximate surface area is 120 Å². The molecule has 0 fully saturated rings. The van der Waals surface area contributed by atoms with E-state index in [1.807, 2.05) is 5.32 Å². The average Bonchev–Trinajstić information content (AvgIpc) is 2.43. The van der Waals surface area contributed by atoms with Crippen LogP contribution in [0.15, 0.2) is 18.2 Å². The van der Waals surface area contributed by atoms with Gasteiger partial charge in [-0.25, -0.2) is 0 Å². The van der Waals surface area contributed by atoms with Crippen molar-refractivity contribution in [3.8, 4) is 11.5 Å². The molecule has 0 aromatic heterocycles. The molecule has 8 heteroatoms. The lowest BCUT2D eigenvalue weighted by atomic mass is 10.2. The fourth-order valence-corrected chi connectivity index (χ4v) is 1.58. The number of alkyl halides is 3. The van der Waals surface area contributed by atoms with Crippen molar-refractivity contribution in [2.45, 2.75) is 19.1 Å². The summed E-state index contributed by atoms with van der Waals surface area (Å²) in [4.78, 5) is 11.5. The fourth-order valence-electron chi connectivity index (χ4n) is 1.58. The molecule has 5 nitrogen and oxygen atoms in total. The van der Waals surface area contributed by atoms with E-state index in [2.05, 4.69) is 5.32 Å². The molecule has 1 amide bonds. The highest BCUT2D eigenvalue weighted by Gasteiger charge is 2.28. The quantitative estimate of drug-likeness (QED) is 0.846. The highest BCUT2D eigenvalue weighted by molar-refractivity contribution is 5.84. The van der Waals surface area contributed by atoms with E-state index >= 15 is 0 Å². The molecule has 0 radical (unpaired) electrons. The third-order valence-corrected chi connectivity index (χ3v) is 2.62. The minimum absolute atomic E-state index is 0.449. The second kappa shape index (κ2) is 7.05. The van der Waals surface area contributed by atoms with Gasteiger partial charge in [0.1, 0.15) is 12.6 Å². The number of carbonyl (C=O) groups excluding carboxylic acids is 1. The second-order valence-corrected chi connectivity index (χ2v) is 4.27. The van der Waals surface area contributed by atoms with E-state index in [0.29, 0.717) is 17.2 Å². The molecule has 1 atom stereocenters. The molecule has 118 valence electrons. The molecule has 0 bridgehead atoms. The van der Waals surface area contributed by atoms with Crippen molar-refractivity contribution in [3.05, 3.63) is 18.2 Å². The van der Waals surface area contributed by atoms with Crippen molar-refractivity contribution in [2.75, 3.05) is 26.1 Å². The van der Waals surface area contributed by atoms with E-state index in [0.717, 1.165) is 0 Å². The Hall–Kier alpha value is -2.12. The maximum atomic E-state index is 12.0. The maximum absolute atomic E-state index is 12.0. The van der Waals surface area contributed by atoms with Crippen LogP contribution in [0.2, 0.25) is 0 Å². The van der Waals surface area contributed by atoms with Crippen molar-refractivity contribution in [3.63, 3.8) is 0 Å². The lowest BCUT2D eigenvalue weighted by molar-refractivity contribution is -0.138. The Morgan fingerprint density at radius 1 is 1.24 bits per heavy atom. The Kier molecular flexibility index (Phi) is 5.69. The zero-order valence-electron chi connectivity index (χ0n) is 11.9. The lowest BCUT2D eigenvalue weighted by Gasteiger charge is -2.17. The summed E-state index contributed by atoms with van der Waals surface area (Å²) in [6, 6.07) is 4.02. The van der Waals surface area contributed by atoms with Crippen molar-refractivity contribution in [1.82, 2.24) is 5.32 Å². The predicted molar refractivity (Wildman–Crippen MR) is 71.7 cm³/mol. The van der Waals surface area contributed by atoms with Gasteiger partial charge in [0, 0.05) is 11.8 Å². The molecule has 0 heterocycles. The highest BCUT2D eigenvalue weighted by Crippen LogP contribution is 2.29. The van der Waals surface area contributed by atoms with Crippen LogP contribution in [0, 0.1) is 0 Å². The van der Waals surface area contributed by atoms with Crippen LogP contribution < -0.4 is 20.1 Å². The first-order valence-corrected chi connectivity index (χ1v) is 6.10. The number of hydrogen-bond acceptors (Lipinski definition) is 4. The maximum Gasteiger partial charge on any atom is 0.405 e. The molecule has 0 aliphatic carbocycles. The summed E-state index contributed by atoms with van der Waals surface area (Å²) in [6.45, 7) is 0.103. The zero-order valence-corrected chi connectivity index (χ0v) is 11.9. The number of halogens is 3. The monoisotopic (exact) mass is 306 g/mol. The number of anilines is 1. The molecular weight excluding hydrogens is 289 g/mol. The molecule has 0 saturated carbocycles. The van der Waals surface area contributed by atoms with Gasteiger partial charge >= 0.3 is 6.18 Å². The van der Waals surface area contributed by atoms with Crippen LogP contribution in [-0.4, -0.2) is 38.9 Å². The summed E-state index contributed by atoms with van der Waals surface area (Å²) in [5.74, 6) is 0.213. The topological polar surface area (TPSA) is 59.6 Å². The summed E-state index contributed by atoms with van der Waals surface area (Å²) >= 11 is 0. The first kappa shape index (κ1) is 16.9. The summed E-state index contributed by atoms with van der Waals surface area (Å²) in [5, 5.41) is 4.60. The van der Waals surface area contributed by atoms with Crippen LogP contribution in [0.5, 0.6) is 11.5 Å². The molecule has 1 unspecified atom stereocenters. The zero-order chi connectivity index (χ0) is 16.0. The fraction of sp³-hybridized carbons (Fsp3) is 0.462. The summed E-state index contributed by atoms with van der Waals surface area (Å²) in [5.41, 5.74) is 0.530. The smallest absolute Gasteiger partial charge is 0.405 e. The Bertz CT molecular complexity index is 492. The number of carbonyl (C=O) groups is 1. The third kappa shape index (κ3) is 5.41. The first-order chi connectivity index (χ1) is 9.76. The standard InChI is InChI=1S/C13H17F3N2O3/c1-8(12(19)17-7-13(14,15)16)18-9-4-5-10(20-2)11(6-9)21-3/h4-6,8,18H,7H2,1-3H3,(H,17,19). The van der Waals surface area contributed by atoms with Gasteiger partial charge in [-0.2, -0.15) is 13.2 Å². The molecular formula is C13H17F3N2O3. The van der Waals surface area contributed by atoms with Gasteiger partial charge in [-0.15, -0.1) is 0 Å². The van der Waals surface area contributed by atoms with E-state index in [1.54, 1.807) is 18.2 Å². The van der Waals surface area contributed by atoms with E-state index in [9.17, 15) is 18.0 Å². The van der Waals surface area contributed by atoms with Gasteiger partial charge in [-0.05, 0) is 19.1 Å². The van der Waals surface area contributed by atoms with Crippen molar-refractivity contribution >= 4 is 11.6 Å². The Morgan fingerprint density at radius 3 is 2.38 bits per heavy atom. The van der Waals surface area contributed by atoms with Gasteiger partial charge in [0.25, 0.3) is 0 Å². The number of amides is 1. The summed E-state index contributed by atoms with van der Waals surface area (Å²) in [6.07, 6.45) is -4.43. The normalized spacial score (nSPS) is 12.5. The second-order valence-electron chi connectivity index (χ2n) is 4.27. The number of nitrogens with one attached hydrogen (secondary N) is 2. The number of methoxy groups -OCH3 is 2. The first-order valence-electron chi connectivity index (χ1n) is 6.10. The van der Waals surface area contributed by atoms with Gasteiger partial charge in [0.05, 0.1) is 14.2 Å². The third-order valence-electron chi connectivity index (χ3n) is 2.62. The van der Waals surface area contributed by atoms with Crippen LogP contribution >= 0.6 is 0 Å². The highest BCUT2D eigenvalue weighted by atomic mass is 19.4. The summed E-state index contributed by atoms with van der Waals surface area (Å²) < 4.78 is 46.2. The number of ether oxygens (including phenoxy) is 2. The van der Waals surface area contributed by atoms with Gasteiger partial charge in [-0.1, -0.05) is 0 Å². The van der Waals surface area contributed by atoms with Gasteiger partial charge < -0.3 is 20.1 Å². The molecule has 0 aliphatic heterocycles.